The van der Waals surface area contributed by atoms with E-state index in [9.17, 15) is 9.59 Å². The molecule has 6 heteroatoms. The van der Waals surface area contributed by atoms with Crippen molar-refractivity contribution >= 4 is 11.9 Å². The number of esters is 1. The summed E-state index contributed by atoms with van der Waals surface area (Å²) < 4.78 is 4.51. The van der Waals surface area contributed by atoms with Crippen LogP contribution in [0.3, 0.4) is 0 Å². The molecule has 1 unspecified atom stereocenters. The molecule has 1 aromatic rings. The summed E-state index contributed by atoms with van der Waals surface area (Å²) in [6.45, 7) is 1.80. The third kappa shape index (κ3) is 4.41. The van der Waals surface area contributed by atoms with Gasteiger partial charge in [-0.05, 0) is 19.1 Å². The Morgan fingerprint density at radius 2 is 2.26 bits per heavy atom. The molecule has 0 radical (unpaired) electrons. The number of pyridine rings is 1. The molecule has 0 spiro atoms. The van der Waals surface area contributed by atoms with Crippen LogP contribution in [0.25, 0.3) is 0 Å². The number of aromatic nitrogens is 1. The number of carbonyl (C=O) groups is 2. The van der Waals surface area contributed by atoms with Crippen LogP contribution in [0.2, 0.25) is 0 Å². The third-order valence-corrected chi connectivity index (χ3v) is 2.23. The van der Waals surface area contributed by atoms with Gasteiger partial charge < -0.3 is 15.8 Å². The van der Waals surface area contributed by atoms with Crippen LogP contribution < -0.4 is 11.1 Å². The van der Waals surface area contributed by atoms with E-state index in [1.54, 1.807) is 6.07 Å². The first kappa shape index (κ1) is 14.7. The van der Waals surface area contributed by atoms with E-state index in [0.717, 1.165) is 0 Å². The molecule has 0 saturated heterocycles. The van der Waals surface area contributed by atoms with Gasteiger partial charge in [0.05, 0.1) is 13.7 Å². The van der Waals surface area contributed by atoms with Gasteiger partial charge in [0.1, 0.15) is 11.7 Å². The molecule has 1 atom stereocenters. The van der Waals surface area contributed by atoms with Gasteiger partial charge in [-0.1, -0.05) is 11.8 Å². The van der Waals surface area contributed by atoms with Crippen LogP contribution in [0.1, 0.15) is 23.0 Å². The van der Waals surface area contributed by atoms with E-state index < -0.39 is 17.9 Å². The molecule has 100 valence electrons. The molecule has 1 rings (SSSR count). The highest BCUT2D eigenvalue weighted by Crippen LogP contribution is 2.00. The van der Waals surface area contributed by atoms with Crippen LogP contribution in [0.4, 0.5) is 0 Å². The van der Waals surface area contributed by atoms with Crippen LogP contribution in [0, 0.1) is 11.8 Å². The van der Waals surface area contributed by atoms with Gasteiger partial charge in [-0.2, -0.15) is 0 Å². The van der Waals surface area contributed by atoms with Gasteiger partial charge in [0.25, 0.3) is 5.91 Å². The molecule has 0 fully saturated rings. The van der Waals surface area contributed by atoms with Crippen molar-refractivity contribution in [2.24, 2.45) is 5.73 Å². The Bertz CT molecular complexity index is 514. The normalized spacial score (nSPS) is 10.9. The first-order chi connectivity index (χ1) is 9.08. The monoisotopic (exact) mass is 261 g/mol. The third-order valence-electron chi connectivity index (χ3n) is 2.23. The summed E-state index contributed by atoms with van der Waals surface area (Å²) in [5.41, 5.74) is 6.12. The molecule has 0 aliphatic carbocycles. The molecule has 0 aromatic carbocycles. The molecule has 1 aromatic heterocycles. The minimum absolute atomic E-state index is 0.203. The fourth-order valence-electron chi connectivity index (χ4n) is 1.26. The summed E-state index contributed by atoms with van der Waals surface area (Å²) in [7, 11) is 1.26. The second-order valence-electron chi connectivity index (χ2n) is 3.66. The van der Waals surface area contributed by atoms with Gasteiger partial charge in [-0.15, -0.1) is 0 Å². The molecule has 1 heterocycles. The number of methoxy groups -OCH3 is 1. The average Bonchev–Trinajstić information content (AvgIpc) is 2.44. The van der Waals surface area contributed by atoms with Gasteiger partial charge in [0.2, 0.25) is 0 Å². The van der Waals surface area contributed by atoms with E-state index in [1.165, 1.54) is 26.3 Å². The Labute approximate surface area is 111 Å². The highest BCUT2D eigenvalue weighted by atomic mass is 16.5. The van der Waals surface area contributed by atoms with Crippen molar-refractivity contribution in [3.8, 4) is 11.8 Å². The van der Waals surface area contributed by atoms with Crippen LogP contribution in [-0.4, -0.2) is 36.6 Å². The summed E-state index contributed by atoms with van der Waals surface area (Å²) in [4.78, 5) is 26.9. The zero-order chi connectivity index (χ0) is 14.3. The Hall–Kier alpha value is -2.39. The standard InChI is InChI=1S/C13H15N3O3/c1-9(13(18)19-2)16-12(17)11-6-5-10(8-15-11)4-3-7-14/h5-6,8-9H,7,14H2,1-2H3,(H,16,17). The SMILES string of the molecule is COC(=O)C(C)NC(=O)c1ccc(C#CCN)cn1. The highest BCUT2D eigenvalue weighted by molar-refractivity contribution is 5.95. The van der Waals surface area contributed by atoms with Crippen LogP contribution in [-0.2, 0) is 9.53 Å². The first-order valence-corrected chi connectivity index (χ1v) is 5.62. The minimum atomic E-state index is -0.726. The van der Waals surface area contributed by atoms with Gasteiger partial charge in [-0.25, -0.2) is 9.78 Å². The van der Waals surface area contributed by atoms with E-state index in [-0.39, 0.29) is 12.2 Å². The van der Waals surface area contributed by atoms with Crippen molar-refractivity contribution < 1.29 is 14.3 Å². The number of nitrogens with two attached hydrogens (primary N) is 1. The summed E-state index contributed by atoms with van der Waals surface area (Å²) in [5.74, 6) is 4.52. The largest absolute Gasteiger partial charge is 0.467 e. The molecule has 0 saturated carbocycles. The lowest BCUT2D eigenvalue weighted by Gasteiger charge is -2.10. The van der Waals surface area contributed by atoms with Crippen LogP contribution in [0.5, 0.6) is 0 Å². The van der Waals surface area contributed by atoms with E-state index in [2.05, 4.69) is 26.9 Å². The number of amides is 1. The van der Waals surface area contributed by atoms with Gasteiger partial charge in [-0.3, -0.25) is 4.79 Å². The van der Waals surface area contributed by atoms with Crippen molar-refractivity contribution in [2.75, 3.05) is 13.7 Å². The van der Waals surface area contributed by atoms with E-state index in [1.807, 2.05) is 0 Å². The van der Waals surface area contributed by atoms with Crippen molar-refractivity contribution in [1.29, 1.82) is 0 Å². The lowest BCUT2D eigenvalue weighted by molar-refractivity contribution is -0.142. The molecular formula is C13H15N3O3. The second kappa shape index (κ2) is 7.13. The quantitative estimate of drug-likeness (QED) is 0.574. The smallest absolute Gasteiger partial charge is 0.328 e. The van der Waals surface area contributed by atoms with E-state index in [4.69, 9.17) is 5.73 Å². The van der Waals surface area contributed by atoms with Crippen molar-refractivity contribution in [1.82, 2.24) is 10.3 Å². The number of nitrogens with one attached hydrogen (secondary N) is 1. The fourth-order valence-corrected chi connectivity index (χ4v) is 1.26. The molecule has 6 nitrogen and oxygen atoms in total. The summed E-state index contributed by atoms with van der Waals surface area (Å²) >= 11 is 0. The first-order valence-electron chi connectivity index (χ1n) is 5.62. The van der Waals surface area contributed by atoms with Gasteiger partial charge in [0.15, 0.2) is 0 Å². The Morgan fingerprint density at radius 3 is 2.79 bits per heavy atom. The summed E-state index contributed by atoms with van der Waals surface area (Å²) in [6, 6.07) is 2.46. The highest BCUT2D eigenvalue weighted by Gasteiger charge is 2.17. The maximum Gasteiger partial charge on any atom is 0.328 e. The predicted molar refractivity (Wildman–Crippen MR) is 69.1 cm³/mol. The molecule has 0 bridgehead atoms. The Kier molecular flexibility index (Phi) is 5.51. The van der Waals surface area contributed by atoms with Crippen LogP contribution >= 0.6 is 0 Å². The maximum atomic E-state index is 11.8. The van der Waals surface area contributed by atoms with Crippen molar-refractivity contribution in [3.05, 3.63) is 29.6 Å². The predicted octanol–water partition coefficient (Wildman–Crippen LogP) is -0.317. The number of nitrogens with zero attached hydrogens (tertiary/aromatic N) is 1. The molecule has 0 aliphatic heterocycles. The zero-order valence-corrected chi connectivity index (χ0v) is 10.8. The van der Waals surface area contributed by atoms with Gasteiger partial charge >= 0.3 is 5.97 Å². The molecule has 19 heavy (non-hydrogen) atoms. The molecule has 3 N–H and O–H groups in total. The number of hydrogen-bond acceptors (Lipinski definition) is 5. The Balaban J connectivity index is 2.70. The van der Waals surface area contributed by atoms with Crippen molar-refractivity contribution in [2.45, 2.75) is 13.0 Å². The second-order valence-corrected chi connectivity index (χ2v) is 3.66. The van der Waals surface area contributed by atoms with E-state index in [0.29, 0.717) is 5.56 Å². The fraction of sp³-hybridized carbons (Fsp3) is 0.308. The average molecular weight is 261 g/mol. The van der Waals surface area contributed by atoms with Crippen molar-refractivity contribution in [3.63, 3.8) is 0 Å². The summed E-state index contributed by atoms with van der Waals surface area (Å²) in [5, 5.41) is 2.48. The number of carbonyl (C=O) groups excluding carboxylic acids is 2. The maximum absolute atomic E-state index is 11.8. The molecule has 0 aliphatic rings. The lowest BCUT2D eigenvalue weighted by atomic mass is 10.2. The zero-order valence-electron chi connectivity index (χ0n) is 10.8. The molecule has 1 amide bonds. The summed E-state index contributed by atoms with van der Waals surface area (Å²) in [6.07, 6.45) is 1.47. The van der Waals surface area contributed by atoms with Crippen LogP contribution in [0.15, 0.2) is 18.3 Å². The number of hydrogen-bond donors (Lipinski definition) is 2. The Morgan fingerprint density at radius 1 is 1.53 bits per heavy atom. The van der Waals surface area contributed by atoms with Gasteiger partial charge in [0, 0.05) is 11.8 Å². The molecular weight excluding hydrogens is 246 g/mol. The number of rotatable bonds is 3. The topological polar surface area (TPSA) is 94.3 Å². The minimum Gasteiger partial charge on any atom is -0.467 e. The van der Waals surface area contributed by atoms with E-state index >= 15 is 0 Å². The lowest BCUT2D eigenvalue weighted by Crippen LogP contribution is -2.39. The number of ether oxygens (including phenoxy) is 1.